The average Bonchev–Trinajstić information content (AvgIpc) is 2.51. The summed E-state index contributed by atoms with van der Waals surface area (Å²) >= 11 is 0. The van der Waals surface area contributed by atoms with Crippen LogP contribution in [0.15, 0.2) is 0 Å². The maximum absolute atomic E-state index is 5.66. The van der Waals surface area contributed by atoms with Gasteiger partial charge in [-0.15, -0.1) is 0 Å². The third kappa shape index (κ3) is 6.20. The monoisotopic (exact) mass is 300 g/mol. The fourth-order valence-electron chi connectivity index (χ4n) is 3.45. The first-order valence-electron chi connectivity index (χ1n) is 8.46. The van der Waals surface area contributed by atoms with Crippen molar-refractivity contribution >= 4 is 0 Å². The first-order valence-corrected chi connectivity index (χ1v) is 8.46. The molecule has 5 nitrogen and oxygen atoms in total. The molecule has 21 heavy (non-hydrogen) atoms. The molecule has 5 heteroatoms. The highest BCUT2D eigenvalue weighted by molar-refractivity contribution is 4.96. The standard InChI is InChI=1S/C16H32N2O3/c1-19-11-12-21-14-13-20-10-9-18-8-7-17-16(15-18)5-3-2-4-6-16/h17H,2-15H2,1H3. The molecule has 1 aliphatic heterocycles. The van der Waals surface area contributed by atoms with E-state index in [0.29, 0.717) is 32.0 Å². The van der Waals surface area contributed by atoms with Crippen molar-refractivity contribution in [2.45, 2.75) is 37.6 Å². The summed E-state index contributed by atoms with van der Waals surface area (Å²) in [7, 11) is 1.69. The molecule has 2 fully saturated rings. The largest absolute Gasteiger partial charge is 0.382 e. The van der Waals surface area contributed by atoms with Crippen molar-refractivity contribution in [3.8, 4) is 0 Å². The summed E-state index contributed by atoms with van der Waals surface area (Å²) in [5.74, 6) is 0. The minimum atomic E-state index is 0.403. The third-order valence-electron chi connectivity index (χ3n) is 4.62. The number of nitrogens with zero attached hydrogens (tertiary/aromatic N) is 1. The first-order chi connectivity index (χ1) is 10.3. The van der Waals surface area contributed by atoms with Gasteiger partial charge in [-0.1, -0.05) is 19.3 Å². The summed E-state index contributed by atoms with van der Waals surface area (Å²) in [5, 5.41) is 3.78. The zero-order valence-electron chi connectivity index (χ0n) is 13.6. The van der Waals surface area contributed by atoms with E-state index in [4.69, 9.17) is 14.2 Å². The highest BCUT2D eigenvalue weighted by Crippen LogP contribution is 2.30. The highest BCUT2D eigenvalue weighted by atomic mass is 16.5. The van der Waals surface area contributed by atoms with Crippen LogP contribution in [0, 0.1) is 0 Å². The Morgan fingerprint density at radius 2 is 1.67 bits per heavy atom. The van der Waals surface area contributed by atoms with Gasteiger partial charge in [-0.25, -0.2) is 0 Å². The zero-order chi connectivity index (χ0) is 14.8. The van der Waals surface area contributed by atoms with E-state index < -0.39 is 0 Å². The molecule has 1 saturated carbocycles. The molecule has 124 valence electrons. The van der Waals surface area contributed by atoms with Crippen LogP contribution in [0.3, 0.4) is 0 Å². The van der Waals surface area contributed by atoms with Crippen LogP contribution in [0.5, 0.6) is 0 Å². The minimum Gasteiger partial charge on any atom is -0.382 e. The second kappa shape index (κ2) is 9.74. The number of piperazine rings is 1. The molecule has 0 aromatic rings. The Kier molecular flexibility index (Phi) is 7.96. The number of ether oxygens (including phenoxy) is 3. The van der Waals surface area contributed by atoms with Crippen LogP contribution in [0.4, 0.5) is 0 Å². The van der Waals surface area contributed by atoms with Crippen LogP contribution < -0.4 is 5.32 Å². The van der Waals surface area contributed by atoms with Crippen molar-refractivity contribution in [3.05, 3.63) is 0 Å². The quantitative estimate of drug-likeness (QED) is 0.650. The van der Waals surface area contributed by atoms with Gasteiger partial charge in [0.2, 0.25) is 0 Å². The minimum absolute atomic E-state index is 0.403. The van der Waals surface area contributed by atoms with Gasteiger partial charge in [-0.3, -0.25) is 4.90 Å². The van der Waals surface area contributed by atoms with Gasteiger partial charge in [0.15, 0.2) is 0 Å². The summed E-state index contributed by atoms with van der Waals surface area (Å²) in [4.78, 5) is 2.56. The number of hydrogen-bond donors (Lipinski definition) is 1. The van der Waals surface area contributed by atoms with Gasteiger partial charge in [0.05, 0.1) is 33.0 Å². The molecule has 2 aliphatic rings. The smallest absolute Gasteiger partial charge is 0.0701 e. The molecule has 1 heterocycles. The number of rotatable bonds is 9. The van der Waals surface area contributed by atoms with Crippen LogP contribution >= 0.6 is 0 Å². The maximum Gasteiger partial charge on any atom is 0.0701 e. The van der Waals surface area contributed by atoms with Gasteiger partial charge in [-0.05, 0) is 12.8 Å². The first kappa shape index (κ1) is 17.2. The van der Waals surface area contributed by atoms with E-state index in [9.17, 15) is 0 Å². The topological polar surface area (TPSA) is 43.0 Å². The molecule has 0 bridgehead atoms. The van der Waals surface area contributed by atoms with Crippen molar-refractivity contribution in [1.82, 2.24) is 10.2 Å². The van der Waals surface area contributed by atoms with E-state index in [2.05, 4.69) is 10.2 Å². The van der Waals surface area contributed by atoms with Crippen LogP contribution in [-0.4, -0.2) is 76.8 Å². The van der Waals surface area contributed by atoms with Gasteiger partial charge < -0.3 is 19.5 Å². The second-order valence-corrected chi connectivity index (χ2v) is 6.26. The van der Waals surface area contributed by atoms with Gasteiger partial charge in [0, 0.05) is 38.8 Å². The lowest BCUT2D eigenvalue weighted by molar-refractivity contribution is 0.0130. The van der Waals surface area contributed by atoms with Gasteiger partial charge in [0.1, 0.15) is 0 Å². The summed E-state index contributed by atoms with van der Waals surface area (Å²) in [6.45, 7) is 7.97. The molecular weight excluding hydrogens is 268 g/mol. The summed E-state index contributed by atoms with van der Waals surface area (Å²) in [6, 6.07) is 0. The maximum atomic E-state index is 5.66. The Labute approximate surface area is 129 Å². The van der Waals surface area contributed by atoms with Gasteiger partial charge in [-0.2, -0.15) is 0 Å². The predicted octanol–water partition coefficient (Wildman–Crippen LogP) is 1.27. The molecule has 0 unspecified atom stereocenters. The van der Waals surface area contributed by atoms with E-state index in [1.165, 1.54) is 38.6 Å². The van der Waals surface area contributed by atoms with Gasteiger partial charge in [0.25, 0.3) is 0 Å². The Bertz CT molecular complexity index is 265. The molecule has 0 amide bonds. The lowest BCUT2D eigenvalue weighted by Gasteiger charge is -2.46. The van der Waals surface area contributed by atoms with Crippen molar-refractivity contribution < 1.29 is 14.2 Å². The van der Waals surface area contributed by atoms with Crippen LogP contribution in [0.1, 0.15) is 32.1 Å². The van der Waals surface area contributed by atoms with Gasteiger partial charge >= 0.3 is 0 Å². The van der Waals surface area contributed by atoms with E-state index in [0.717, 1.165) is 26.2 Å². The Morgan fingerprint density at radius 1 is 0.952 bits per heavy atom. The van der Waals surface area contributed by atoms with Crippen molar-refractivity contribution in [1.29, 1.82) is 0 Å². The summed E-state index contributed by atoms with van der Waals surface area (Å²) in [6.07, 6.45) is 6.87. The lowest BCUT2D eigenvalue weighted by Crippen LogP contribution is -2.61. The zero-order valence-corrected chi connectivity index (χ0v) is 13.6. The molecule has 1 spiro atoms. The predicted molar refractivity (Wildman–Crippen MR) is 83.8 cm³/mol. The highest BCUT2D eigenvalue weighted by Gasteiger charge is 2.35. The Hall–Kier alpha value is -0.200. The molecular formula is C16H32N2O3. The molecule has 2 rings (SSSR count). The van der Waals surface area contributed by atoms with E-state index in [1.807, 2.05) is 0 Å². The fourth-order valence-corrected chi connectivity index (χ4v) is 3.45. The number of nitrogens with one attached hydrogen (secondary N) is 1. The van der Waals surface area contributed by atoms with Crippen LogP contribution in [-0.2, 0) is 14.2 Å². The second-order valence-electron chi connectivity index (χ2n) is 6.26. The molecule has 0 atom stereocenters. The average molecular weight is 300 g/mol. The van der Waals surface area contributed by atoms with Crippen molar-refractivity contribution in [2.75, 3.05) is 66.3 Å². The summed E-state index contributed by atoms with van der Waals surface area (Å²) < 4.78 is 16.0. The van der Waals surface area contributed by atoms with Crippen molar-refractivity contribution in [3.63, 3.8) is 0 Å². The van der Waals surface area contributed by atoms with E-state index >= 15 is 0 Å². The third-order valence-corrected chi connectivity index (χ3v) is 4.62. The SMILES string of the molecule is COCCOCCOCCN1CCNC2(CCCCC2)C1. The molecule has 0 aromatic carbocycles. The Morgan fingerprint density at radius 3 is 2.43 bits per heavy atom. The fraction of sp³-hybridized carbons (Fsp3) is 1.00. The van der Waals surface area contributed by atoms with E-state index in [-0.39, 0.29) is 0 Å². The lowest BCUT2D eigenvalue weighted by atomic mass is 9.80. The number of hydrogen-bond acceptors (Lipinski definition) is 5. The molecule has 1 aliphatic carbocycles. The van der Waals surface area contributed by atoms with E-state index in [1.54, 1.807) is 7.11 Å². The van der Waals surface area contributed by atoms with Crippen LogP contribution in [0.25, 0.3) is 0 Å². The molecule has 0 radical (unpaired) electrons. The van der Waals surface area contributed by atoms with Crippen molar-refractivity contribution in [2.24, 2.45) is 0 Å². The molecule has 1 saturated heterocycles. The molecule has 0 aromatic heterocycles. The molecule has 1 N–H and O–H groups in total. The Balaban J connectivity index is 1.52. The van der Waals surface area contributed by atoms with Crippen LogP contribution in [0.2, 0.25) is 0 Å². The summed E-state index contributed by atoms with van der Waals surface area (Å²) in [5.41, 5.74) is 0.403. The normalized spacial score (nSPS) is 22.7. The number of methoxy groups -OCH3 is 1.